The smallest absolute Gasteiger partial charge is 0.264 e. The van der Waals surface area contributed by atoms with E-state index in [-0.39, 0.29) is 4.90 Å². The lowest BCUT2D eigenvalue weighted by molar-refractivity contribution is -0.119. The van der Waals surface area contributed by atoms with Gasteiger partial charge in [0.2, 0.25) is 0 Å². The molecule has 0 unspecified atom stereocenters. The van der Waals surface area contributed by atoms with Crippen LogP contribution in [-0.2, 0) is 14.8 Å². The summed E-state index contributed by atoms with van der Waals surface area (Å²) in [6.45, 7) is 1.44. The predicted octanol–water partition coefficient (Wildman–Crippen LogP) is 1.94. The van der Waals surface area contributed by atoms with Crippen LogP contribution >= 0.6 is 15.9 Å². The summed E-state index contributed by atoms with van der Waals surface area (Å²) in [5, 5.41) is 0. The summed E-state index contributed by atoms with van der Waals surface area (Å²) in [7, 11) is -3.91. The number of aryl methyl sites for hydroxylation is 1. The molecule has 8 heteroatoms. The van der Waals surface area contributed by atoms with E-state index in [0.29, 0.717) is 10.2 Å². The van der Waals surface area contributed by atoms with Crippen LogP contribution in [0.25, 0.3) is 0 Å². The normalized spacial score (nSPS) is 11.1. The van der Waals surface area contributed by atoms with Gasteiger partial charge in [-0.05, 0) is 47.1 Å². The molecular weight excluding hydrogens is 382 g/mol. The molecule has 2 aromatic carbocycles. The second-order valence-corrected chi connectivity index (χ2v) is 7.56. The maximum atomic E-state index is 12.9. The van der Waals surface area contributed by atoms with Crippen molar-refractivity contribution in [1.82, 2.24) is 5.43 Å². The molecule has 0 saturated heterocycles. The van der Waals surface area contributed by atoms with Gasteiger partial charge in [-0.1, -0.05) is 29.8 Å². The van der Waals surface area contributed by atoms with Gasteiger partial charge in [0.25, 0.3) is 15.9 Å². The first-order valence-corrected chi connectivity index (χ1v) is 8.93. The van der Waals surface area contributed by atoms with E-state index in [0.717, 1.165) is 9.87 Å². The van der Waals surface area contributed by atoms with Gasteiger partial charge in [0.05, 0.1) is 10.6 Å². The number of halogens is 1. The largest absolute Gasteiger partial charge is 0.293 e. The number of nitrogens with zero attached hydrogens (tertiary/aromatic N) is 1. The van der Waals surface area contributed by atoms with Crippen molar-refractivity contribution < 1.29 is 13.2 Å². The van der Waals surface area contributed by atoms with Crippen LogP contribution in [0.4, 0.5) is 5.69 Å². The lowest BCUT2D eigenvalue weighted by Gasteiger charge is -2.24. The highest BCUT2D eigenvalue weighted by Gasteiger charge is 2.28. The molecule has 0 aliphatic rings. The van der Waals surface area contributed by atoms with Crippen molar-refractivity contribution in [3.8, 4) is 0 Å². The number of anilines is 1. The summed E-state index contributed by atoms with van der Waals surface area (Å²) < 4.78 is 27.4. The summed E-state index contributed by atoms with van der Waals surface area (Å²) in [6, 6.07) is 13.2. The second-order valence-electron chi connectivity index (χ2n) is 4.84. The highest BCUT2D eigenvalue weighted by atomic mass is 79.9. The van der Waals surface area contributed by atoms with Gasteiger partial charge < -0.3 is 0 Å². The van der Waals surface area contributed by atoms with Crippen molar-refractivity contribution in [3.63, 3.8) is 0 Å². The molecule has 1 amide bonds. The van der Waals surface area contributed by atoms with Gasteiger partial charge in [-0.3, -0.25) is 14.5 Å². The average molecular weight is 398 g/mol. The molecule has 2 aromatic rings. The maximum Gasteiger partial charge on any atom is 0.264 e. The zero-order valence-electron chi connectivity index (χ0n) is 12.4. The van der Waals surface area contributed by atoms with E-state index in [2.05, 4.69) is 15.9 Å². The summed E-state index contributed by atoms with van der Waals surface area (Å²) in [5.74, 6) is 4.49. The third-order valence-electron chi connectivity index (χ3n) is 3.18. The van der Waals surface area contributed by atoms with Gasteiger partial charge >= 0.3 is 0 Å². The fourth-order valence-corrected chi connectivity index (χ4v) is 4.02. The third-order valence-corrected chi connectivity index (χ3v) is 5.62. The summed E-state index contributed by atoms with van der Waals surface area (Å²) in [4.78, 5) is 11.8. The van der Waals surface area contributed by atoms with Crippen LogP contribution in [0, 0.1) is 6.92 Å². The molecule has 2 rings (SSSR count). The molecule has 0 fully saturated rings. The van der Waals surface area contributed by atoms with Gasteiger partial charge in [0.1, 0.15) is 6.54 Å². The Hall–Kier alpha value is -1.90. The Kier molecular flexibility index (Phi) is 5.40. The Morgan fingerprint density at radius 3 is 2.35 bits per heavy atom. The van der Waals surface area contributed by atoms with E-state index in [9.17, 15) is 13.2 Å². The number of para-hydroxylation sites is 1. The molecule has 0 aliphatic heterocycles. The topological polar surface area (TPSA) is 92.5 Å². The zero-order chi connectivity index (χ0) is 17.0. The molecule has 0 saturated carbocycles. The highest BCUT2D eigenvalue weighted by molar-refractivity contribution is 9.10. The van der Waals surface area contributed by atoms with E-state index >= 15 is 0 Å². The number of hydrogen-bond donors (Lipinski definition) is 2. The minimum atomic E-state index is -3.91. The van der Waals surface area contributed by atoms with Crippen LogP contribution in [0.5, 0.6) is 0 Å². The SMILES string of the molecule is Cc1ccc(S(=O)(=O)N(CC(=O)NN)c2ccccc2Br)cc1. The number of carbonyl (C=O) groups is 1. The molecule has 0 aromatic heterocycles. The van der Waals surface area contributed by atoms with Crippen LogP contribution in [0.2, 0.25) is 0 Å². The van der Waals surface area contributed by atoms with Gasteiger partial charge in [-0.2, -0.15) is 0 Å². The number of amides is 1. The van der Waals surface area contributed by atoms with Crippen LogP contribution in [0.15, 0.2) is 57.9 Å². The van der Waals surface area contributed by atoms with Crippen molar-refractivity contribution in [2.45, 2.75) is 11.8 Å². The molecule has 0 aliphatic carbocycles. The lowest BCUT2D eigenvalue weighted by Crippen LogP contribution is -2.43. The molecule has 0 atom stereocenters. The van der Waals surface area contributed by atoms with Crippen LogP contribution in [0.3, 0.4) is 0 Å². The minimum absolute atomic E-state index is 0.101. The van der Waals surface area contributed by atoms with Gasteiger partial charge in [-0.25, -0.2) is 14.3 Å². The molecule has 3 N–H and O–H groups in total. The molecule has 0 radical (unpaired) electrons. The Bertz CT molecular complexity index is 807. The summed E-state index contributed by atoms with van der Waals surface area (Å²) >= 11 is 3.32. The van der Waals surface area contributed by atoms with E-state index in [4.69, 9.17) is 5.84 Å². The molecule has 122 valence electrons. The number of sulfonamides is 1. The van der Waals surface area contributed by atoms with Gasteiger partial charge in [-0.15, -0.1) is 0 Å². The molecule has 0 heterocycles. The first kappa shape index (κ1) is 17.5. The lowest BCUT2D eigenvalue weighted by atomic mass is 10.2. The molecule has 0 bridgehead atoms. The Morgan fingerprint density at radius 2 is 1.78 bits per heavy atom. The van der Waals surface area contributed by atoms with E-state index < -0.39 is 22.5 Å². The maximum absolute atomic E-state index is 12.9. The van der Waals surface area contributed by atoms with Crippen molar-refractivity contribution in [1.29, 1.82) is 0 Å². The standard InChI is InChI=1S/C15H16BrN3O3S/c1-11-6-8-12(9-7-11)23(21,22)19(10-15(20)18-17)14-5-3-2-4-13(14)16/h2-9H,10,17H2,1H3,(H,18,20). The van der Waals surface area contributed by atoms with Crippen molar-refractivity contribution >= 4 is 37.5 Å². The van der Waals surface area contributed by atoms with Crippen LogP contribution < -0.4 is 15.6 Å². The number of carbonyl (C=O) groups excluding carboxylic acids is 1. The molecule has 6 nitrogen and oxygen atoms in total. The quantitative estimate of drug-likeness (QED) is 0.458. The fourth-order valence-electron chi connectivity index (χ4n) is 1.97. The van der Waals surface area contributed by atoms with Crippen molar-refractivity contribution in [3.05, 3.63) is 58.6 Å². The summed E-state index contributed by atoms with van der Waals surface area (Å²) in [5.41, 5.74) is 3.26. The monoisotopic (exact) mass is 397 g/mol. The van der Waals surface area contributed by atoms with Crippen molar-refractivity contribution in [2.75, 3.05) is 10.8 Å². The van der Waals surface area contributed by atoms with Gasteiger partial charge in [0.15, 0.2) is 0 Å². The number of hydrogen-bond acceptors (Lipinski definition) is 4. The van der Waals surface area contributed by atoms with Crippen LogP contribution in [0.1, 0.15) is 5.56 Å². The highest BCUT2D eigenvalue weighted by Crippen LogP contribution is 2.30. The Morgan fingerprint density at radius 1 is 1.17 bits per heavy atom. The number of nitrogens with two attached hydrogens (primary N) is 1. The summed E-state index contributed by atoms with van der Waals surface area (Å²) in [6.07, 6.45) is 0. The van der Waals surface area contributed by atoms with Crippen LogP contribution in [-0.4, -0.2) is 20.9 Å². The second kappa shape index (κ2) is 7.12. The zero-order valence-corrected chi connectivity index (χ0v) is 14.8. The average Bonchev–Trinajstić information content (AvgIpc) is 2.53. The molecule has 23 heavy (non-hydrogen) atoms. The predicted molar refractivity (Wildman–Crippen MR) is 92.2 cm³/mol. The minimum Gasteiger partial charge on any atom is -0.293 e. The molecular formula is C15H16BrN3O3S. The first-order chi connectivity index (χ1) is 10.9. The van der Waals surface area contributed by atoms with Gasteiger partial charge in [0, 0.05) is 4.47 Å². The number of hydrazine groups is 1. The van der Waals surface area contributed by atoms with Crippen molar-refractivity contribution in [2.24, 2.45) is 5.84 Å². The molecule has 0 spiro atoms. The van der Waals surface area contributed by atoms with E-state index in [1.165, 1.54) is 12.1 Å². The Balaban J connectivity index is 2.54. The number of benzene rings is 2. The van der Waals surface area contributed by atoms with E-state index in [1.54, 1.807) is 36.4 Å². The first-order valence-electron chi connectivity index (χ1n) is 6.69. The Labute approximate surface area is 143 Å². The number of rotatable bonds is 5. The number of nitrogens with one attached hydrogen (secondary N) is 1. The third kappa shape index (κ3) is 3.90. The van der Waals surface area contributed by atoms with E-state index in [1.807, 2.05) is 12.3 Å². The fraction of sp³-hybridized carbons (Fsp3) is 0.133.